The Hall–Kier alpha value is -2.67. The van der Waals surface area contributed by atoms with Crippen molar-refractivity contribution in [2.45, 2.75) is 52.0 Å². The van der Waals surface area contributed by atoms with E-state index in [0.717, 1.165) is 67.1 Å². The van der Waals surface area contributed by atoms with Crippen LogP contribution >= 0.6 is 11.6 Å². The first-order valence-electron chi connectivity index (χ1n) is 11.1. The maximum atomic E-state index is 13.0. The van der Waals surface area contributed by atoms with E-state index in [0.29, 0.717) is 17.3 Å². The van der Waals surface area contributed by atoms with Crippen molar-refractivity contribution in [3.05, 3.63) is 40.9 Å². The Kier molecular flexibility index (Phi) is 5.52. The van der Waals surface area contributed by atoms with E-state index in [2.05, 4.69) is 24.8 Å². The van der Waals surface area contributed by atoms with E-state index in [-0.39, 0.29) is 11.8 Å². The number of imidazole rings is 1. The molecule has 2 aliphatic heterocycles. The van der Waals surface area contributed by atoms with Crippen molar-refractivity contribution in [2.24, 2.45) is 5.92 Å². The van der Waals surface area contributed by atoms with Crippen LogP contribution < -0.4 is 10.2 Å². The molecule has 1 saturated heterocycles. The molecule has 5 rings (SSSR count). The summed E-state index contributed by atoms with van der Waals surface area (Å²) in [5.41, 5.74) is 3.51. The summed E-state index contributed by atoms with van der Waals surface area (Å²) in [6.07, 6.45) is 7.95. The molecule has 31 heavy (non-hydrogen) atoms. The Labute approximate surface area is 186 Å². The minimum Gasteiger partial charge on any atom is -0.354 e. The fourth-order valence-electron chi connectivity index (χ4n) is 4.70. The van der Waals surface area contributed by atoms with E-state index in [9.17, 15) is 4.79 Å². The van der Waals surface area contributed by atoms with Gasteiger partial charge in [0.05, 0.1) is 16.6 Å². The number of hydrogen-bond acceptors (Lipinski definition) is 5. The van der Waals surface area contributed by atoms with Gasteiger partial charge in [-0.3, -0.25) is 4.79 Å². The molecular weight excluding hydrogens is 412 g/mol. The molecule has 1 fully saturated rings. The average Bonchev–Trinajstić information content (AvgIpc) is 2.96. The number of nitrogens with one attached hydrogen (secondary N) is 1. The standard InChI is InChI=1S/C23H27ClN6O/c1-15-8-9-18(17(24)12-15)27-23(31)16-6-5-10-29(13-16)21-20-22(26-14-25-21)30-11-4-2-3-7-19(30)28-20/h8-9,12,14,16H,2-7,10-11,13H2,1H3,(H,27,31)/t16-/m0/s1. The van der Waals surface area contributed by atoms with Crippen molar-refractivity contribution in [3.63, 3.8) is 0 Å². The molecule has 162 valence electrons. The number of aryl methyl sites for hydroxylation is 3. The van der Waals surface area contributed by atoms with Crippen molar-refractivity contribution >= 4 is 40.2 Å². The predicted octanol–water partition coefficient (Wildman–Crippen LogP) is 4.37. The molecule has 0 saturated carbocycles. The Bertz CT molecular complexity index is 1130. The van der Waals surface area contributed by atoms with Gasteiger partial charge in [0.25, 0.3) is 0 Å². The van der Waals surface area contributed by atoms with Crippen molar-refractivity contribution in [1.82, 2.24) is 19.5 Å². The highest BCUT2D eigenvalue weighted by atomic mass is 35.5. The van der Waals surface area contributed by atoms with Gasteiger partial charge in [-0.1, -0.05) is 24.1 Å². The van der Waals surface area contributed by atoms with Crippen LogP contribution in [0.2, 0.25) is 5.02 Å². The normalized spacial score (nSPS) is 19.2. The SMILES string of the molecule is Cc1ccc(NC(=O)[C@H]2CCCN(c3ncnc4c3nc3n4CCCCC3)C2)c(Cl)c1. The molecule has 2 aromatic heterocycles. The predicted molar refractivity (Wildman–Crippen MR) is 123 cm³/mol. The number of carbonyl (C=O) groups is 1. The summed E-state index contributed by atoms with van der Waals surface area (Å²) in [6, 6.07) is 5.68. The molecule has 1 atom stereocenters. The molecule has 8 heteroatoms. The lowest BCUT2D eigenvalue weighted by Crippen LogP contribution is -2.41. The molecule has 0 radical (unpaired) electrons. The molecule has 0 unspecified atom stereocenters. The maximum Gasteiger partial charge on any atom is 0.229 e. The Balaban J connectivity index is 1.38. The zero-order valence-corrected chi connectivity index (χ0v) is 18.5. The largest absolute Gasteiger partial charge is 0.354 e. The number of carbonyl (C=O) groups excluding carboxylic acids is 1. The highest BCUT2D eigenvalue weighted by molar-refractivity contribution is 6.33. The van der Waals surface area contributed by atoms with Crippen molar-refractivity contribution < 1.29 is 4.79 Å². The Morgan fingerprint density at radius 1 is 1.16 bits per heavy atom. The number of hydrogen-bond donors (Lipinski definition) is 1. The second-order valence-electron chi connectivity index (χ2n) is 8.62. The zero-order valence-electron chi connectivity index (χ0n) is 17.8. The number of nitrogens with zero attached hydrogens (tertiary/aromatic N) is 5. The number of anilines is 2. The second-order valence-corrected chi connectivity index (χ2v) is 9.02. The second kappa shape index (κ2) is 8.46. The minimum atomic E-state index is -0.128. The van der Waals surface area contributed by atoms with Crippen LogP contribution in [0.3, 0.4) is 0 Å². The van der Waals surface area contributed by atoms with Crippen LogP contribution in [0.1, 0.15) is 43.5 Å². The van der Waals surface area contributed by atoms with E-state index >= 15 is 0 Å². The monoisotopic (exact) mass is 438 g/mol. The summed E-state index contributed by atoms with van der Waals surface area (Å²) in [7, 11) is 0. The third-order valence-electron chi connectivity index (χ3n) is 6.35. The topological polar surface area (TPSA) is 75.9 Å². The average molecular weight is 439 g/mol. The van der Waals surface area contributed by atoms with Gasteiger partial charge in [-0.15, -0.1) is 0 Å². The van der Waals surface area contributed by atoms with E-state index in [1.165, 1.54) is 12.8 Å². The van der Waals surface area contributed by atoms with Crippen LogP contribution in [-0.2, 0) is 17.8 Å². The molecule has 0 bridgehead atoms. The van der Waals surface area contributed by atoms with Gasteiger partial charge in [0.2, 0.25) is 5.91 Å². The Morgan fingerprint density at radius 2 is 2.06 bits per heavy atom. The maximum absolute atomic E-state index is 13.0. The summed E-state index contributed by atoms with van der Waals surface area (Å²) < 4.78 is 2.25. The first-order chi connectivity index (χ1) is 15.1. The smallest absolute Gasteiger partial charge is 0.229 e. The van der Waals surface area contributed by atoms with E-state index < -0.39 is 0 Å². The van der Waals surface area contributed by atoms with E-state index in [1.807, 2.05) is 25.1 Å². The van der Waals surface area contributed by atoms with Crippen LogP contribution in [0.15, 0.2) is 24.5 Å². The molecule has 4 heterocycles. The van der Waals surface area contributed by atoms with Crippen LogP contribution in [0.5, 0.6) is 0 Å². The number of piperidine rings is 1. The van der Waals surface area contributed by atoms with E-state index in [1.54, 1.807) is 6.33 Å². The van der Waals surface area contributed by atoms with Crippen molar-refractivity contribution in [1.29, 1.82) is 0 Å². The number of amides is 1. The number of halogens is 1. The van der Waals surface area contributed by atoms with Gasteiger partial charge in [-0.25, -0.2) is 15.0 Å². The van der Waals surface area contributed by atoms with Crippen LogP contribution in [0.4, 0.5) is 11.5 Å². The van der Waals surface area contributed by atoms with Gasteiger partial charge < -0.3 is 14.8 Å². The Morgan fingerprint density at radius 3 is 2.94 bits per heavy atom. The third-order valence-corrected chi connectivity index (χ3v) is 6.66. The number of rotatable bonds is 3. The summed E-state index contributed by atoms with van der Waals surface area (Å²) in [5, 5.41) is 3.58. The molecule has 2 aliphatic rings. The van der Waals surface area contributed by atoms with Crippen molar-refractivity contribution in [3.8, 4) is 0 Å². The zero-order chi connectivity index (χ0) is 21.4. The summed E-state index contributed by atoms with van der Waals surface area (Å²) in [5.74, 6) is 1.82. The number of aromatic nitrogens is 4. The highest BCUT2D eigenvalue weighted by Crippen LogP contribution is 2.30. The van der Waals surface area contributed by atoms with Gasteiger partial charge >= 0.3 is 0 Å². The molecule has 1 amide bonds. The lowest BCUT2D eigenvalue weighted by atomic mass is 9.97. The van der Waals surface area contributed by atoms with Crippen LogP contribution in [-0.4, -0.2) is 38.5 Å². The van der Waals surface area contributed by atoms with Gasteiger partial charge in [-0.05, 0) is 50.3 Å². The first-order valence-corrected chi connectivity index (χ1v) is 11.5. The molecule has 0 spiro atoms. The molecule has 1 N–H and O–H groups in total. The molecule has 7 nitrogen and oxygen atoms in total. The minimum absolute atomic E-state index is 0.00127. The summed E-state index contributed by atoms with van der Waals surface area (Å²) >= 11 is 6.31. The summed E-state index contributed by atoms with van der Waals surface area (Å²) in [6.45, 7) is 4.42. The van der Waals surface area contributed by atoms with Gasteiger partial charge in [-0.2, -0.15) is 0 Å². The molecule has 1 aromatic carbocycles. The van der Waals surface area contributed by atoms with Crippen LogP contribution in [0.25, 0.3) is 11.2 Å². The quantitative estimate of drug-likeness (QED) is 0.657. The number of fused-ring (bicyclic) bond motifs is 3. The number of benzene rings is 1. The van der Waals surface area contributed by atoms with Crippen LogP contribution in [0, 0.1) is 12.8 Å². The molecule has 3 aromatic rings. The fourth-order valence-corrected chi connectivity index (χ4v) is 4.98. The highest BCUT2D eigenvalue weighted by Gasteiger charge is 2.29. The lowest BCUT2D eigenvalue weighted by Gasteiger charge is -2.32. The van der Waals surface area contributed by atoms with E-state index in [4.69, 9.17) is 16.6 Å². The fraction of sp³-hybridized carbons (Fsp3) is 0.478. The first kappa shape index (κ1) is 20.2. The third kappa shape index (κ3) is 3.99. The van der Waals surface area contributed by atoms with Crippen molar-refractivity contribution in [2.75, 3.05) is 23.3 Å². The van der Waals surface area contributed by atoms with Gasteiger partial charge in [0, 0.05) is 26.1 Å². The molecular formula is C23H27ClN6O. The summed E-state index contributed by atoms with van der Waals surface area (Å²) in [4.78, 5) is 29.2. The van der Waals surface area contributed by atoms with Gasteiger partial charge in [0.15, 0.2) is 17.0 Å². The lowest BCUT2D eigenvalue weighted by molar-refractivity contribution is -0.120. The molecule has 0 aliphatic carbocycles. The van der Waals surface area contributed by atoms with Gasteiger partial charge in [0.1, 0.15) is 12.2 Å².